The van der Waals surface area contributed by atoms with Crippen molar-refractivity contribution in [2.24, 2.45) is 0 Å². The number of H-pyrrole nitrogens is 1. The molecular formula is C15H12N2O. The van der Waals surface area contributed by atoms with E-state index >= 15 is 0 Å². The third-order valence-corrected chi connectivity index (χ3v) is 2.82. The molecule has 88 valence electrons. The number of aromatic hydroxyl groups is 1. The number of benzene rings is 2. The van der Waals surface area contributed by atoms with E-state index in [2.05, 4.69) is 9.97 Å². The second kappa shape index (κ2) is 4.37. The highest BCUT2D eigenvalue weighted by molar-refractivity contribution is 5.78. The summed E-state index contributed by atoms with van der Waals surface area (Å²) < 4.78 is 0. The lowest BCUT2D eigenvalue weighted by Gasteiger charge is -2.03. The molecular weight excluding hydrogens is 224 g/mol. The molecule has 0 radical (unpaired) electrons. The van der Waals surface area contributed by atoms with Crippen LogP contribution in [0.4, 0.5) is 0 Å². The third kappa shape index (κ3) is 1.86. The number of aromatic nitrogens is 2. The number of imidazole rings is 1. The van der Waals surface area contributed by atoms with Gasteiger partial charge in [0.1, 0.15) is 5.75 Å². The zero-order valence-corrected chi connectivity index (χ0v) is 9.67. The van der Waals surface area contributed by atoms with Gasteiger partial charge in [-0.25, -0.2) is 4.98 Å². The Kier molecular flexibility index (Phi) is 2.57. The van der Waals surface area contributed by atoms with Crippen LogP contribution in [0.3, 0.4) is 0 Å². The van der Waals surface area contributed by atoms with Crippen molar-refractivity contribution in [1.29, 1.82) is 0 Å². The number of phenolic OH excluding ortho intramolecular Hbond substituents is 1. The SMILES string of the molecule is Oc1cccc(-c2nc[nH]c2-c2ccccc2)c1. The van der Waals surface area contributed by atoms with Crippen LogP contribution in [0, 0.1) is 0 Å². The quantitative estimate of drug-likeness (QED) is 0.716. The minimum atomic E-state index is 0.245. The van der Waals surface area contributed by atoms with E-state index in [9.17, 15) is 5.11 Å². The summed E-state index contributed by atoms with van der Waals surface area (Å²) in [6, 6.07) is 17.1. The van der Waals surface area contributed by atoms with Gasteiger partial charge in [0.2, 0.25) is 0 Å². The number of phenols is 1. The van der Waals surface area contributed by atoms with Gasteiger partial charge >= 0.3 is 0 Å². The summed E-state index contributed by atoms with van der Waals surface area (Å²) in [6.07, 6.45) is 1.67. The van der Waals surface area contributed by atoms with Crippen LogP contribution < -0.4 is 0 Å². The summed E-state index contributed by atoms with van der Waals surface area (Å²) in [6.45, 7) is 0. The summed E-state index contributed by atoms with van der Waals surface area (Å²) >= 11 is 0. The van der Waals surface area contributed by atoms with Gasteiger partial charge in [-0.3, -0.25) is 0 Å². The fourth-order valence-corrected chi connectivity index (χ4v) is 1.99. The van der Waals surface area contributed by atoms with Crippen molar-refractivity contribution in [3.63, 3.8) is 0 Å². The number of rotatable bonds is 2. The van der Waals surface area contributed by atoms with E-state index in [0.29, 0.717) is 0 Å². The molecule has 1 aromatic heterocycles. The molecule has 3 nitrogen and oxygen atoms in total. The molecule has 0 fully saturated rings. The Balaban J connectivity index is 2.13. The predicted molar refractivity (Wildman–Crippen MR) is 71.1 cm³/mol. The highest BCUT2D eigenvalue weighted by Gasteiger charge is 2.10. The first-order chi connectivity index (χ1) is 8.84. The maximum Gasteiger partial charge on any atom is 0.116 e. The molecule has 0 aliphatic heterocycles. The Morgan fingerprint density at radius 2 is 1.67 bits per heavy atom. The Morgan fingerprint density at radius 3 is 2.44 bits per heavy atom. The lowest BCUT2D eigenvalue weighted by atomic mass is 10.1. The minimum Gasteiger partial charge on any atom is -0.508 e. The third-order valence-electron chi connectivity index (χ3n) is 2.82. The van der Waals surface area contributed by atoms with Crippen LogP contribution in [0.25, 0.3) is 22.5 Å². The maximum absolute atomic E-state index is 9.54. The number of hydrogen-bond acceptors (Lipinski definition) is 2. The van der Waals surface area contributed by atoms with Gasteiger partial charge in [-0.1, -0.05) is 42.5 Å². The molecule has 2 aromatic carbocycles. The minimum absolute atomic E-state index is 0.245. The lowest BCUT2D eigenvalue weighted by molar-refractivity contribution is 0.475. The molecule has 0 saturated carbocycles. The second-order valence-electron chi connectivity index (χ2n) is 4.04. The molecule has 0 aliphatic rings. The summed E-state index contributed by atoms with van der Waals surface area (Å²) in [5, 5.41) is 9.54. The standard InChI is InChI=1S/C15H12N2O/c18-13-8-4-7-12(9-13)15-14(16-10-17-15)11-5-2-1-3-6-11/h1-10,18H,(H,16,17). The van der Waals surface area contributed by atoms with Crippen molar-refractivity contribution < 1.29 is 5.11 Å². The fourth-order valence-electron chi connectivity index (χ4n) is 1.99. The van der Waals surface area contributed by atoms with Crippen molar-refractivity contribution in [2.45, 2.75) is 0 Å². The molecule has 0 atom stereocenters. The zero-order chi connectivity index (χ0) is 12.4. The first-order valence-electron chi connectivity index (χ1n) is 5.73. The molecule has 1 heterocycles. The van der Waals surface area contributed by atoms with Gasteiger partial charge in [0.05, 0.1) is 17.7 Å². The molecule has 0 unspecified atom stereocenters. The van der Waals surface area contributed by atoms with Crippen LogP contribution in [0.1, 0.15) is 0 Å². The Bertz CT molecular complexity index is 659. The molecule has 0 aliphatic carbocycles. The number of aromatic amines is 1. The monoisotopic (exact) mass is 236 g/mol. The smallest absolute Gasteiger partial charge is 0.116 e. The normalized spacial score (nSPS) is 10.4. The first kappa shape index (κ1) is 10.6. The van der Waals surface area contributed by atoms with Gasteiger partial charge in [0.25, 0.3) is 0 Å². The highest BCUT2D eigenvalue weighted by atomic mass is 16.3. The Labute approximate surface area is 105 Å². The summed E-state index contributed by atoms with van der Waals surface area (Å²) in [4.78, 5) is 7.48. The summed E-state index contributed by atoms with van der Waals surface area (Å²) in [5.74, 6) is 0.245. The number of nitrogens with zero attached hydrogens (tertiary/aromatic N) is 1. The molecule has 0 saturated heterocycles. The van der Waals surface area contributed by atoms with E-state index in [-0.39, 0.29) is 5.75 Å². The van der Waals surface area contributed by atoms with E-state index < -0.39 is 0 Å². The summed E-state index contributed by atoms with van der Waals surface area (Å²) in [7, 11) is 0. The van der Waals surface area contributed by atoms with Crippen molar-refractivity contribution in [3.8, 4) is 28.3 Å². The average molecular weight is 236 g/mol. The molecule has 18 heavy (non-hydrogen) atoms. The van der Waals surface area contributed by atoms with E-state index in [1.54, 1.807) is 18.5 Å². The van der Waals surface area contributed by atoms with Crippen molar-refractivity contribution >= 4 is 0 Å². The molecule has 0 bridgehead atoms. The van der Waals surface area contributed by atoms with E-state index in [4.69, 9.17) is 0 Å². The molecule has 3 aromatic rings. The molecule has 2 N–H and O–H groups in total. The van der Waals surface area contributed by atoms with Crippen LogP contribution in [0.15, 0.2) is 60.9 Å². The summed E-state index contributed by atoms with van der Waals surface area (Å²) in [5.41, 5.74) is 3.78. The highest BCUT2D eigenvalue weighted by Crippen LogP contribution is 2.30. The molecule has 0 spiro atoms. The lowest BCUT2D eigenvalue weighted by Crippen LogP contribution is -1.83. The zero-order valence-electron chi connectivity index (χ0n) is 9.67. The molecule has 0 amide bonds. The van der Waals surface area contributed by atoms with Crippen LogP contribution in [0.2, 0.25) is 0 Å². The number of hydrogen-bond donors (Lipinski definition) is 2. The Morgan fingerprint density at radius 1 is 0.889 bits per heavy atom. The van der Waals surface area contributed by atoms with Gasteiger partial charge in [-0.05, 0) is 12.1 Å². The average Bonchev–Trinajstić information content (AvgIpc) is 2.89. The van der Waals surface area contributed by atoms with Gasteiger partial charge in [-0.2, -0.15) is 0 Å². The number of nitrogens with one attached hydrogen (secondary N) is 1. The first-order valence-corrected chi connectivity index (χ1v) is 5.73. The molecule has 3 rings (SSSR count). The predicted octanol–water partition coefficient (Wildman–Crippen LogP) is 3.45. The van der Waals surface area contributed by atoms with Crippen molar-refractivity contribution in [1.82, 2.24) is 9.97 Å². The topological polar surface area (TPSA) is 48.9 Å². The maximum atomic E-state index is 9.54. The largest absolute Gasteiger partial charge is 0.508 e. The van der Waals surface area contributed by atoms with E-state index in [1.165, 1.54) is 0 Å². The van der Waals surface area contributed by atoms with Gasteiger partial charge in [-0.15, -0.1) is 0 Å². The van der Waals surface area contributed by atoms with Gasteiger partial charge in [0.15, 0.2) is 0 Å². The van der Waals surface area contributed by atoms with Crippen LogP contribution in [0.5, 0.6) is 5.75 Å². The van der Waals surface area contributed by atoms with Crippen LogP contribution in [-0.4, -0.2) is 15.1 Å². The molecule has 3 heteroatoms. The van der Waals surface area contributed by atoms with Gasteiger partial charge < -0.3 is 10.1 Å². The van der Waals surface area contributed by atoms with Crippen molar-refractivity contribution in [3.05, 3.63) is 60.9 Å². The van der Waals surface area contributed by atoms with Crippen molar-refractivity contribution in [2.75, 3.05) is 0 Å². The van der Waals surface area contributed by atoms with Crippen LogP contribution in [-0.2, 0) is 0 Å². The Hall–Kier alpha value is -2.55. The van der Waals surface area contributed by atoms with E-state index in [1.807, 2.05) is 42.5 Å². The van der Waals surface area contributed by atoms with E-state index in [0.717, 1.165) is 22.5 Å². The van der Waals surface area contributed by atoms with Crippen LogP contribution >= 0.6 is 0 Å². The second-order valence-corrected chi connectivity index (χ2v) is 4.04. The fraction of sp³-hybridized carbons (Fsp3) is 0. The van der Waals surface area contributed by atoms with Gasteiger partial charge in [0, 0.05) is 11.1 Å².